The maximum absolute atomic E-state index is 12.2. The summed E-state index contributed by atoms with van der Waals surface area (Å²) >= 11 is 2.63. The number of hydrogen-bond acceptors (Lipinski definition) is 7. The Hall–Kier alpha value is -3.11. The predicted molar refractivity (Wildman–Crippen MR) is 117 cm³/mol. The Kier molecular flexibility index (Phi) is 7.63. The van der Waals surface area contributed by atoms with Crippen molar-refractivity contribution in [2.24, 2.45) is 0 Å². The highest BCUT2D eigenvalue weighted by Gasteiger charge is 2.11. The summed E-state index contributed by atoms with van der Waals surface area (Å²) in [6.45, 7) is 0.435. The molecule has 2 amide bonds. The monoisotopic (exact) mass is 444 g/mol. The number of ether oxygens (including phenoxy) is 1. The number of nitrogens with zero attached hydrogens (tertiary/aromatic N) is 1. The van der Waals surface area contributed by atoms with E-state index >= 15 is 0 Å². The van der Waals surface area contributed by atoms with E-state index in [1.54, 1.807) is 35.6 Å². The molecule has 3 aromatic rings. The van der Waals surface area contributed by atoms with E-state index in [1.165, 1.54) is 13.2 Å². The number of thioether (sulfide) groups is 1. The number of carbonyl (C=O) groups is 2. The summed E-state index contributed by atoms with van der Waals surface area (Å²) < 4.78 is 5.20. The van der Waals surface area contributed by atoms with E-state index in [0.29, 0.717) is 23.7 Å². The minimum absolute atomic E-state index is 0.0176. The van der Waals surface area contributed by atoms with Crippen LogP contribution in [0, 0.1) is 0 Å². The summed E-state index contributed by atoms with van der Waals surface area (Å²) in [6.07, 6.45) is -0.0176. The van der Waals surface area contributed by atoms with Gasteiger partial charge in [0.05, 0.1) is 37.2 Å². The molecule has 0 saturated carbocycles. The van der Waals surface area contributed by atoms with Gasteiger partial charge in [-0.2, -0.15) is 0 Å². The van der Waals surface area contributed by atoms with Crippen LogP contribution in [0.2, 0.25) is 0 Å². The van der Waals surface area contributed by atoms with Crippen molar-refractivity contribution in [3.63, 3.8) is 0 Å². The molecule has 8 nitrogen and oxygen atoms in total. The molecule has 3 N–H and O–H groups in total. The SMILES string of the molecule is COc1ccccc1NC(=O)CSc1nc(CC(=O)NCc2cccs2)cc(=O)[nH]1. The lowest BCUT2D eigenvalue weighted by Gasteiger charge is -2.09. The second-order valence-electron chi connectivity index (χ2n) is 6.11. The number of rotatable bonds is 9. The number of aromatic nitrogens is 2. The van der Waals surface area contributed by atoms with E-state index in [0.717, 1.165) is 16.6 Å². The molecule has 0 aliphatic carbocycles. The van der Waals surface area contributed by atoms with Crippen LogP contribution < -0.4 is 20.9 Å². The topological polar surface area (TPSA) is 113 Å². The molecule has 0 aliphatic rings. The first-order valence-electron chi connectivity index (χ1n) is 8.98. The van der Waals surface area contributed by atoms with Crippen molar-refractivity contribution in [1.29, 1.82) is 0 Å². The molecule has 2 aromatic heterocycles. The summed E-state index contributed by atoms with van der Waals surface area (Å²) in [4.78, 5) is 44.1. The Morgan fingerprint density at radius 1 is 1.20 bits per heavy atom. The largest absolute Gasteiger partial charge is 0.495 e. The quantitative estimate of drug-likeness (QED) is 0.345. The standard InChI is InChI=1S/C20H20N4O4S2/c1-28-16-7-3-2-6-15(16)23-19(27)12-30-20-22-13(10-18(26)24-20)9-17(25)21-11-14-5-4-8-29-14/h2-8,10H,9,11-12H2,1H3,(H,21,25)(H,23,27)(H,22,24,26). The van der Waals surface area contributed by atoms with Crippen molar-refractivity contribution >= 4 is 40.6 Å². The van der Waals surface area contributed by atoms with Gasteiger partial charge < -0.3 is 20.4 Å². The van der Waals surface area contributed by atoms with E-state index in [9.17, 15) is 14.4 Å². The Labute approximate surface area is 181 Å². The van der Waals surface area contributed by atoms with E-state index in [-0.39, 0.29) is 34.7 Å². The van der Waals surface area contributed by atoms with Gasteiger partial charge in [0.15, 0.2) is 5.16 Å². The van der Waals surface area contributed by atoms with Crippen LogP contribution in [0.25, 0.3) is 0 Å². The molecule has 0 saturated heterocycles. The van der Waals surface area contributed by atoms with Crippen molar-refractivity contribution in [2.75, 3.05) is 18.2 Å². The van der Waals surface area contributed by atoms with E-state index in [2.05, 4.69) is 20.6 Å². The number of anilines is 1. The molecule has 2 heterocycles. The van der Waals surface area contributed by atoms with Crippen LogP contribution in [0.4, 0.5) is 5.69 Å². The van der Waals surface area contributed by atoms with Crippen LogP contribution in [-0.4, -0.2) is 34.6 Å². The van der Waals surface area contributed by atoms with Crippen LogP contribution in [0.15, 0.2) is 57.8 Å². The van der Waals surface area contributed by atoms with Gasteiger partial charge in [0.25, 0.3) is 5.56 Å². The lowest BCUT2D eigenvalue weighted by molar-refractivity contribution is -0.120. The van der Waals surface area contributed by atoms with Gasteiger partial charge in [0, 0.05) is 10.9 Å². The number of thiophene rings is 1. The van der Waals surface area contributed by atoms with Gasteiger partial charge in [-0.25, -0.2) is 4.98 Å². The zero-order valence-corrected chi connectivity index (χ0v) is 17.8. The number of methoxy groups -OCH3 is 1. The molecular weight excluding hydrogens is 424 g/mol. The van der Waals surface area contributed by atoms with Crippen molar-refractivity contribution in [1.82, 2.24) is 15.3 Å². The predicted octanol–water partition coefficient (Wildman–Crippen LogP) is 2.43. The fraction of sp³-hybridized carbons (Fsp3) is 0.200. The lowest BCUT2D eigenvalue weighted by atomic mass is 10.3. The van der Waals surface area contributed by atoms with Gasteiger partial charge in [-0.05, 0) is 23.6 Å². The van der Waals surface area contributed by atoms with Crippen molar-refractivity contribution in [3.8, 4) is 5.75 Å². The third-order valence-corrected chi connectivity index (χ3v) is 5.63. The first kappa shape index (κ1) is 21.6. The maximum atomic E-state index is 12.2. The maximum Gasteiger partial charge on any atom is 0.251 e. The number of para-hydroxylation sites is 2. The van der Waals surface area contributed by atoms with Crippen LogP contribution >= 0.6 is 23.1 Å². The molecule has 0 radical (unpaired) electrons. The van der Waals surface area contributed by atoms with Crippen LogP contribution in [0.3, 0.4) is 0 Å². The molecule has 3 rings (SSSR count). The second kappa shape index (κ2) is 10.6. The lowest BCUT2D eigenvalue weighted by Crippen LogP contribution is -2.25. The molecule has 0 unspecified atom stereocenters. The molecule has 0 atom stereocenters. The number of aromatic amines is 1. The zero-order chi connectivity index (χ0) is 21.3. The Bertz CT molecular complexity index is 1070. The highest BCUT2D eigenvalue weighted by atomic mass is 32.2. The smallest absolute Gasteiger partial charge is 0.251 e. The first-order valence-corrected chi connectivity index (χ1v) is 10.8. The van der Waals surface area contributed by atoms with Gasteiger partial charge in [0.1, 0.15) is 5.75 Å². The third-order valence-electron chi connectivity index (χ3n) is 3.88. The summed E-state index contributed by atoms with van der Waals surface area (Å²) in [5.41, 5.74) is 0.525. The average molecular weight is 445 g/mol. The van der Waals surface area contributed by atoms with E-state index < -0.39 is 0 Å². The number of nitrogens with one attached hydrogen (secondary N) is 3. The van der Waals surface area contributed by atoms with Gasteiger partial charge in [-0.15, -0.1) is 11.3 Å². The Balaban J connectivity index is 1.55. The molecule has 156 valence electrons. The summed E-state index contributed by atoms with van der Waals surface area (Å²) in [7, 11) is 1.52. The minimum atomic E-state index is -0.376. The highest BCUT2D eigenvalue weighted by molar-refractivity contribution is 7.99. The van der Waals surface area contributed by atoms with Crippen molar-refractivity contribution in [3.05, 3.63) is 68.8 Å². The van der Waals surface area contributed by atoms with Crippen LogP contribution in [-0.2, 0) is 22.6 Å². The zero-order valence-electron chi connectivity index (χ0n) is 16.1. The minimum Gasteiger partial charge on any atom is -0.495 e. The van der Waals surface area contributed by atoms with Gasteiger partial charge >= 0.3 is 0 Å². The number of hydrogen-bond donors (Lipinski definition) is 3. The highest BCUT2D eigenvalue weighted by Crippen LogP contribution is 2.23. The first-order chi connectivity index (χ1) is 14.5. The number of H-pyrrole nitrogens is 1. The molecule has 0 fully saturated rings. The van der Waals surface area contributed by atoms with Gasteiger partial charge in [0.2, 0.25) is 11.8 Å². The third kappa shape index (κ3) is 6.46. The van der Waals surface area contributed by atoms with Gasteiger partial charge in [-0.3, -0.25) is 14.4 Å². The summed E-state index contributed by atoms with van der Waals surface area (Å²) in [6, 6.07) is 12.2. The molecule has 0 bridgehead atoms. The Morgan fingerprint density at radius 2 is 2.03 bits per heavy atom. The molecular formula is C20H20N4O4S2. The second-order valence-corrected chi connectivity index (χ2v) is 8.11. The van der Waals surface area contributed by atoms with Gasteiger partial charge in [-0.1, -0.05) is 30.0 Å². The summed E-state index contributed by atoms with van der Waals surface area (Å²) in [5, 5.41) is 7.77. The average Bonchev–Trinajstić information content (AvgIpc) is 3.24. The number of benzene rings is 1. The van der Waals surface area contributed by atoms with E-state index in [4.69, 9.17) is 4.74 Å². The van der Waals surface area contributed by atoms with Crippen molar-refractivity contribution < 1.29 is 14.3 Å². The molecule has 0 spiro atoms. The molecule has 10 heteroatoms. The summed E-state index contributed by atoms with van der Waals surface area (Å²) in [5.74, 6) is 0.0882. The number of amides is 2. The normalized spacial score (nSPS) is 10.4. The van der Waals surface area contributed by atoms with E-state index in [1.807, 2.05) is 17.5 Å². The fourth-order valence-electron chi connectivity index (χ4n) is 2.54. The number of carbonyl (C=O) groups excluding carboxylic acids is 2. The molecule has 30 heavy (non-hydrogen) atoms. The Morgan fingerprint density at radius 3 is 2.80 bits per heavy atom. The fourth-order valence-corrected chi connectivity index (χ4v) is 3.88. The molecule has 0 aliphatic heterocycles. The van der Waals surface area contributed by atoms with Crippen LogP contribution in [0.5, 0.6) is 5.75 Å². The van der Waals surface area contributed by atoms with Crippen LogP contribution in [0.1, 0.15) is 10.6 Å². The molecule has 1 aromatic carbocycles. The van der Waals surface area contributed by atoms with Crippen molar-refractivity contribution in [2.45, 2.75) is 18.1 Å².